The van der Waals surface area contributed by atoms with E-state index < -0.39 is 15.9 Å². The molecule has 1 fully saturated rings. The summed E-state index contributed by atoms with van der Waals surface area (Å²) in [6.07, 6.45) is 4.98. The Hall–Kier alpha value is -2.89. The van der Waals surface area contributed by atoms with Gasteiger partial charge in [0.15, 0.2) is 11.6 Å². The Balaban J connectivity index is 1.67. The van der Waals surface area contributed by atoms with Crippen LogP contribution in [0.3, 0.4) is 0 Å². The molecule has 32 heavy (non-hydrogen) atoms. The molecule has 2 N–H and O–H groups in total. The van der Waals surface area contributed by atoms with E-state index in [2.05, 4.69) is 20.0 Å². The Morgan fingerprint density at radius 2 is 2.03 bits per heavy atom. The summed E-state index contributed by atoms with van der Waals surface area (Å²) in [6.45, 7) is 1.71. The highest BCUT2D eigenvalue weighted by Crippen LogP contribution is 2.31. The fraction of sp³-hybridized carbons (Fsp3) is 0.286. The molecule has 2 aromatic heterocycles. The second kappa shape index (κ2) is 8.93. The standard InChI is InChI=1S/C21H22N4O5S2/c1-12-18(21(31-3)24-19(22-12)17-5-4-10-30-17)20(26)23-15-11-14(8-9-16(15)29-2)32(27,28)25-13-6-7-13/h4-5,8-11,13,25H,6-7H2,1-3H3,(H,23,26). The number of hydrogen-bond donors (Lipinski definition) is 2. The third-order valence-electron chi connectivity index (χ3n) is 4.85. The summed E-state index contributed by atoms with van der Waals surface area (Å²) in [7, 11) is -2.25. The third-order valence-corrected chi connectivity index (χ3v) is 7.05. The van der Waals surface area contributed by atoms with Crippen molar-refractivity contribution in [3.8, 4) is 17.3 Å². The van der Waals surface area contributed by atoms with Crippen molar-refractivity contribution in [3.05, 3.63) is 47.9 Å². The fourth-order valence-electron chi connectivity index (χ4n) is 3.10. The molecule has 1 amide bonds. The van der Waals surface area contributed by atoms with Gasteiger partial charge in [-0.3, -0.25) is 4.79 Å². The second-order valence-corrected chi connectivity index (χ2v) is 9.71. The van der Waals surface area contributed by atoms with Gasteiger partial charge in [-0.25, -0.2) is 23.1 Å². The number of carbonyl (C=O) groups excluding carboxylic acids is 1. The van der Waals surface area contributed by atoms with Crippen molar-refractivity contribution in [2.24, 2.45) is 0 Å². The maximum Gasteiger partial charge on any atom is 0.260 e. The number of nitrogens with zero attached hydrogens (tertiary/aromatic N) is 2. The molecule has 1 aromatic carbocycles. The van der Waals surface area contributed by atoms with Crippen molar-refractivity contribution in [2.45, 2.75) is 35.7 Å². The number of furan rings is 1. The van der Waals surface area contributed by atoms with Gasteiger partial charge < -0.3 is 14.5 Å². The van der Waals surface area contributed by atoms with E-state index in [0.717, 1.165) is 12.8 Å². The van der Waals surface area contributed by atoms with E-state index in [1.54, 1.807) is 19.1 Å². The van der Waals surface area contributed by atoms with Gasteiger partial charge in [-0.15, -0.1) is 11.8 Å². The van der Waals surface area contributed by atoms with Crippen LogP contribution in [-0.4, -0.2) is 43.7 Å². The quantitative estimate of drug-likeness (QED) is 0.376. The van der Waals surface area contributed by atoms with Gasteiger partial charge in [0.05, 0.1) is 35.2 Å². The first-order valence-corrected chi connectivity index (χ1v) is 12.5. The molecule has 0 spiro atoms. The molecule has 0 bridgehead atoms. The summed E-state index contributed by atoms with van der Waals surface area (Å²) in [6, 6.07) is 7.78. The lowest BCUT2D eigenvalue weighted by Gasteiger charge is -2.15. The van der Waals surface area contributed by atoms with Gasteiger partial charge in [0.1, 0.15) is 10.8 Å². The number of aromatic nitrogens is 2. The average molecular weight is 475 g/mol. The predicted octanol–water partition coefficient (Wildman–Crippen LogP) is 3.47. The maximum absolute atomic E-state index is 13.2. The zero-order valence-corrected chi connectivity index (χ0v) is 19.3. The van der Waals surface area contributed by atoms with Gasteiger partial charge in [0.2, 0.25) is 10.0 Å². The minimum absolute atomic E-state index is 0.0308. The molecule has 11 heteroatoms. The average Bonchev–Trinajstić information content (AvgIpc) is 3.39. The summed E-state index contributed by atoms with van der Waals surface area (Å²) >= 11 is 1.30. The number of amides is 1. The van der Waals surface area contributed by atoms with Crippen LogP contribution in [0.5, 0.6) is 5.75 Å². The van der Waals surface area contributed by atoms with E-state index in [4.69, 9.17) is 9.15 Å². The molecular weight excluding hydrogens is 452 g/mol. The molecule has 2 heterocycles. The van der Waals surface area contributed by atoms with Crippen LogP contribution in [0.15, 0.2) is 50.9 Å². The van der Waals surface area contributed by atoms with E-state index in [9.17, 15) is 13.2 Å². The smallest absolute Gasteiger partial charge is 0.260 e. The van der Waals surface area contributed by atoms with E-state index in [0.29, 0.717) is 33.6 Å². The number of aryl methyl sites for hydroxylation is 1. The molecule has 1 saturated carbocycles. The van der Waals surface area contributed by atoms with Crippen LogP contribution in [0.4, 0.5) is 5.69 Å². The number of hydrogen-bond acceptors (Lipinski definition) is 8. The number of rotatable bonds is 8. The molecule has 4 rings (SSSR count). The Morgan fingerprint density at radius 1 is 1.25 bits per heavy atom. The Labute approximate surface area is 190 Å². The molecule has 0 saturated heterocycles. The molecule has 168 valence electrons. The SMILES string of the molecule is COc1ccc(S(=O)(=O)NC2CC2)cc1NC(=O)c1c(C)nc(-c2ccco2)nc1SC. The lowest BCUT2D eigenvalue weighted by molar-refractivity contribution is 0.102. The van der Waals surface area contributed by atoms with E-state index in [-0.39, 0.29) is 16.6 Å². The molecule has 0 aliphatic heterocycles. The van der Waals surface area contributed by atoms with Gasteiger partial charge in [-0.05, 0) is 56.4 Å². The highest BCUT2D eigenvalue weighted by molar-refractivity contribution is 7.98. The summed E-state index contributed by atoms with van der Waals surface area (Å²) in [4.78, 5) is 22.1. The number of sulfonamides is 1. The van der Waals surface area contributed by atoms with Crippen molar-refractivity contribution >= 4 is 33.4 Å². The molecule has 0 atom stereocenters. The first-order valence-electron chi connectivity index (χ1n) is 9.80. The number of ether oxygens (including phenoxy) is 1. The van der Waals surface area contributed by atoms with Crippen LogP contribution < -0.4 is 14.8 Å². The molecular formula is C21H22N4O5S2. The maximum atomic E-state index is 13.2. The largest absolute Gasteiger partial charge is 0.495 e. The Morgan fingerprint density at radius 3 is 2.66 bits per heavy atom. The first kappa shape index (κ1) is 22.3. The lowest BCUT2D eigenvalue weighted by Crippen LogP contribution is -2.26. The number of benzene rings is 1. The van der Waals surface area contributed by atoms with E-state index in [1.165, 1.54) is 43.3 Å². The van der Waals surface area contributed by atoms with Crippen molar-refractivity contribution < 1.29 is 22.4 Å². The first-order chi connectivity index (χ1) is 15.3. The summed E-state index contributed by atoms with van der Waals surface area (Å²) in [5.41, 5.74) is 0.989. The van der Waals surface area contributed by atoms with Crippen molar-refractivity contribution in [1.82, 2.24) is 14.7 Å². The summed E-state index contributed by atoms with van der Waals surface area (Å²) < 4.78 is 38.5. The number of methoxy groups -OCH3 is 1. The van der Waals surface area contributed by atoms with Crippen molar-refractivity contribution in [1.29, 1.82) is 0 Å². The minimum atomic E-state index is -3.69. The zero-order valence-electron chi connectivity index (χ0n) is 17.7. The predicted molar refractivity (Wildman–Crippen MR) is 121 cm³/mol. The van der Waals surface area contributed by atoms with E-state index >= 15 is 0 Å². The number of anilines is 1. The highest BCUT2D eigenvalue weighted by Gasteiger charge is 2.29. The number of carbonyl (C=O) groups is 1. The normalized spacial score (nSPS) is 13.7. The molecule has 1 aliphatic rings. The van der Waals surface area contributed by atoms with Crippen LogP contribution >= 0.6 is 11.8 Å². The molecule has 3 aromatic rings. The van der Waals surface area contributed by atoms with Crippen LogP contribution in [0, 0.1) is 6.92 Å². The molecule has 9 nitrogen and oxygen atoms in total. The minimum Gasteiger partial charge on any atom is -0.495 e. The third kappa shape index (κ3) is 4.64. The van der Waals surface area contributed by atoms with Gasteiger partial charge in [0.25, 0.3) is 5.91 Å². The zero-order chi connectivity index (χ0) is 22.9. The summed E-state index contributed by atoms with van der Waals surface area (Å²) in [5.74, 6) is 0.740. The van der Waals surface area contributed by atoms with Crippen LogP contribution in [-0.2, 0) is 10.0 Å². The number of nitrogens with one attached hydrogen (secondary N) is 2. The second-order valence-electron chi connectivity index (χ2n) is 7.21. The van der Waals surface area contributed by atoms with Crippen molar-refractivity contribution in [3.63, 3.8) is 0 Å². The molecule has 0 unspecified atom stereocenters. The highest BCUT2D eigenvalue weighted by atomic mass is 32.2. The Bertz CT molecular complexity index is 1260. The fourth-order valence-corrected chi connectivity index (χ4v) is 5.05. The number of thioether (sulfide) groups is 1. The monoisotopic (exact) mass is 474 g/mol. The van der Waals surface area contributed by atoms with Gasteiger partial charge in [-0.2, -0.15) is 0 Å². The van der Waals surface area contributed by atoms with Crippen molar-refractivity contribution in [2.75, 3.05) is 18.7 Å². The topological polar surface area (TPSA) is 123 Å². The van der Waals surface area contributed by atoms with Crippen LogP contribution in [0.25, 0.3) is 11.6 Å². The lowest BCUT2D eigenvalue weighted by atomic mass is 10.2. The van der Waals surface area contributed by atoms with Crippen LogP contribution in [0.2, 0.25) is 0 Å². The Kier molecular flexibility index (Phi) is 6.22. The summed E-state index contributed by atoms with van der Waals surface area (Å²) in [5, 5.41) is 3.23. The van der Waals surface area contributed by atoms with E-state index in [1.807, 2.05) is 6.26 Å². The van der Waals surface area contributed by atoms with Gasteiger partial charge in [-0.1, -0.05) is 0 Å². The molecule has 1 aliphatic carbocycles. The van der Waals surface area contributed by atoms with Gasteiger partial charge >= 0.3 is 0 Å². The van der Waals surface area contributed by atoms with Crippen LogP contribution in [0.1, 0.15) is 28.9 Å². The van der Waals surface area contributed by atoms with Gasteiger partial charge in [0, 0.05) is 6.04 Å². The molecule has 0 radical (unpaired) electrons.